The van der Waals surface area contributed by atoms with Crippen molar-refractivity contribution in [1.29, 1.82) is 0 Å². The topological polar surface area (TPSA) is 20.2 Å². The maximum atomic E-state index is 10.4. The summed E-state index contributed by atoms with van der Waals surface area (Å²) in [5.74, 6) is 0.527. The molecule has 0 saturated carbocycles. The van der Waals surface area contributed by atoms with E-state index in [2.05, 4.69) is 26.8 Å². The highest BCUT2D eigenvalue weighted by atomic mass is 16.3. The minimum absolute atomic E-state index is 0.527. The lowest BCUT2D eigenvalue weighted by Gasteiger charge is -2.16. The molecule has 144 valence electrons. The van der Waals surface area contributed by atoms with Gasteiger partial charge in [-0.3, -0.25) is 0 Å². The van der Waals surface area contributed by atoms with E-state index in [0.717, 1.165) is 25.7 Å². The third-order valence-electron chi connectivity index (χ3n) is 5.30. The molecule has 1 nitrogen and oxygen atoms in total. The van der Waals surface area contributed by atoms with Crippen molar-refractivity contribution in [2.75, 3.05) is 0 Å². The van der Waals surface area contributed by atoms with Crippen LogP contribution in [0.25, 0.3) is 0 Å². The van der Waals surface area contributed by atoms with E-state index in [9.17, 15) is 5.11 Å². The molecule has 0 spiro atoms. The predicted octanol–water partition coefficient (Wildman–Crippen LogP) is 7.76. The molecule has 0 saturated heterocycles. The van der Waals surface area contributed by atoms with Crippen molar-refractivity contribution in [3.05, 3.63) is 28.8 Å². The first-order chi connectivity index (χ1) is 12.2. The molecule has 0 heterocycles. The van der Waals surface area contributed by atoms with Gasteiger partial charge in [0.15, 0.2) is 0 Å². The van der Waals surface area contributed by atoms with Crippen LogP contribution in [0.15, 0.2) is 12.1 Å². The van der Waals surface area contributed by atoms with Gasteiger partial charge >= 0.3 is 0 Å². The second-order valence-corrected chi connectivity index (χ2v) is 7.63. The molecule has 0 unspecified atom stereocenters. The Hall–Kier alpha value is -0.980. The molecule has 0 aliphatic rings. The molecule has 0 aromatic heterocycles. The summed E-state index contributed by atoms with van der Waals surface area (Å²) in [5, 5.41) is 10.4. The Labute approximate surface area is 157 Å². The Kier molecular flexibility index (Phi) is 12.5. The van der Waals surface area contributed by atoms with Crippen LogP contribution in [0.4, 0.5) is 0 Å². The van der Waals surface area contributed by atoms with E-state index < -0.39 is 0 Å². The quantitative estimate of drug-likeness (QED) is 0.322. The molecule has 0 amide bonds. The average molecular weight is 347 g/mol. The van der Waals surface area contributed by atoms with E-state index in [1.807, 2.05) is 6.07 Å². The third-order valence-corrected chi connectivity index (χ3v) is 5.30. The Morgan fingerprint density at radius 2 is 1.12 bits per heavy atom. The predicted molar refractivity (Wildman–Crippen MR) is 112 cm³/mol. The minimum Gasteiger partial charge on any atom is -0.508 e. The second-order valence-electron chi connectivity index (χ2n) is 7.63. The summed E-state index contributed by atoms with van der Waals surface area (Å²) in [6.45, 7) is 6.76. The molecule has 25 heavy (non-hydrogen) atoms. The summed E-state index contributed by atoms with van der Waals surface area (Å²) in [4.78, 5) is 0. The molecule has 1 rings (SSSR count). The first-order valence-electron chi connectivity index (χ1n) is 11.1. The fourth-order valence-corrected chi connectivity index (χ4v) is 3.86. The van der Waals surface area contributed by atoms with Gasteiger partial charge in [0.2, 0.25) is 0 Å². The summed E-state index contributed by atoms with van der Waals surface area (Å²) in [7, 11) is 0. The van der Waals surface area contributed by atoms with Gasteiger partial charge in [0, 0.05) is 0 Å². The molecular formula is C24H42O. The molecule has 0 fully saturated rings. The lowest BCUT2D eigenvalue weighted by atomic mass is 9.91. The van der Waals surface area contributed by atoms with Gasteiger partial charge in [0.05, 0.1) is 0 Å². The van der Waals surface area contributed by atoms with Crippen LogP contribution >= 0.6 is 0 Å². The zero-order valence-corrected chi connectivity index (χ0v) is 17.2. The van der Waals surface area contributed by atoms with E-state index in [1.165, 1.54) is 87.3 Å². The lowest BCUT2D eigenvalue weighted by molar-refractivity contribution is 0.463. The molecule has 1 aromatic carbocycles. The average Bonchev–Trinajstić information content (AvgIpc) is 2.61. The first-order valence-corrected chi connectivity index (χ1v) is 11.1. The van der Waals surface area contributed by atoms with Gasteiger partial charge in [-0.1, -0.05) is 97.5 Å². The molecule has 1 N–H and O–H groups in total. The summed E-state index contributed by atoms with van der Waals surface area (Å²) in [6, 6.07) is 4.07. The van der Waals surface area contributed by atoms with Gasteiger partial charge in [0.1, 0.15) is 5.75 Å². The fraction of sp³-hybridized carbons (Fsp3) is 0.750. The molecule has 0 aliphatic carbocycles. The van der Waals surface area contributed by atoms with Crippen molar-refractivity contribution in [1.82, 2.24) is 0 Å². The maximum absolute atomic E-state index is 10.4. The van der Waals surface area contributed by atoms with E-state index in [4.69, 9.17) is 0 Å². The number of aryl methyl sites for hydroxylation is 1. The Bertz CT molecular complexity index is 450. The van der Waals surface area contributed by atoms with Gasteiger partial charge < -0.3 is 5.11 Å². The highest BCUT2D eigenvalue weighted by Crippen LogP contribution is 2.29. The van der Waals surface area contributed by atoms with Crippen LogP contribution in [0, 0.1) is 0 Å². The Balaban J connectivity index is 2.35. The van der Waals surface area contributed by atoms with Gasteiger partial charge in [-0.25, -0.2) is 0 Å². The second kappa shape index (κ2) is 14.2. The first kappa shape index (κ1) is 22.1. The summed E-state index contributed by atoms with van der Waals surface area (Å²) in [5.41, 5.74) is 4.15. The largest absolute Gasteiger partial charge is 0.508 e. The lowest BCUT2D eigenvalue weighted by Crippen LogP contribution is -2.01. The molecule has 1 heteroatoms. The van der Waals surface area contributed by atoms with Crippen molar-refractivity contribution < 1.29 is 5.11 Å². The smallest absolute Gasteiger partial charge is 0.119 e. The normalized spacial score (nSPS) is 11.2. The van der Waals surface area contributed by atoms with Gasteiger partial charge in [-0.2, -0.15) is 0 Å². The van der Waals surface area contributed by atoms with Crippen molar-refractivity contribution in [3.63, 3.8) is 0 Å². The van der Waals surface area contributed by atoms with Crippen molar-refractivity contribution >= 4 is 0 Å². The standard InChI is InChI=1S/C24H42O/c1-4-7-8-9-10-11-12-13-14-15-18-23-22(17-6-3)21(16-5-2)19-20-24(23)25/h19-20,25H,4-18H2,1-3H3. The fourth-order valence-electron chi connectivity index (χ4n) is 3.86. The van der Waals surface area contributed by atoms with Crippen LogP contribution in [0.2, 0.25) is 0 Å². The van der Waals surface area contributed by atoms with Crippen molar-refractivity contribution in [2.45, 2.75) is 117 Å². The van der Waals surface area contributed by atoms with Crippen LogP contribution in [0.5, 0.6) is 5.75 Å². The van der Waals surface area contributed by atoms with Crippen molar-refractivity contribution in [2.24, 2.45) is 0 Å². The highest BCUT2D eigenvalue weighted by Gasteiger charge is 2.12. The number of aromatic hydroxyl groups is 1. The monoisotopic (exact) mass is 346 g/mol. The van der Waals surface area contributed by atoms with Crippen LogP contribution in [-0.4, -0.2) is 5.11 Å². The molecule has 0 aliphatic heterocycles. The maximum Gasteiger partial charge on any atom is 0.119 e. The number of rotatable bonds is 15. The zero-order chi connectivity index (χ0) is 18.3. The summed E-state index contributed by atoms with van der Waals surface area (Å²) >= 11 is 0. The van der Waals surface area contributed by atoms with Crippen molar-refractivity contribution in [3.8, 4) is 5.75 Å². The molecule has 0 bridgehead atoms. The zero-order valence-electron chi connectivity index (χ0n) is 17.2. The van der Waals surface area contributed by atoms with Gasteiger partial charge in [-0.15, -0.1) is 0 Å². The number of phenolic OH excluding ortho intramolecular Hbond substituents is 1. The van der Waals surface area contributed by atoms with Crippen LogP contribution in [0.1, 0.15) is 115 Å². The number of unbranched alkanes of at least 4 members (excludes halogenated alkanes) is 9. The number of benzene rings is 1. The summed E-state index contributed by atoms with van der Waals surface area (Å²) in [6.07, 6.45) is 19.3. The molecular weight excluding hydrogens is 304 g/mol. The number of phenols is 1. The Morgan fingerprint density at radius 1 is 0.560 bits per heavy atom. The molecule has 0 radical (unpaired) electrons. The van der Waals surface area contributed by atoms with E-state index in [1.54, 1.807) is 0 Å². The van der Waals surface area contributed by atoms with E-state index >= 15 is 0 Å². The third kappa shape index (κ3) is 8.79. The van der Waals surface area contributed by atoms with Gasteiger partial charge in [0.25, 0.3) is 0 Å². The highest BCUT2D eigenvalue weighted by molar-refractivity contribution is 5.45. The van der Waals surface area contributed by atoms with E-state index in [0.29, 0.717) is 5.75 Å². The van der Waals surface area contributed by atoms with Crippen LogP contribution in [0.3, 0.4) is 0 Å². The van der Waals surface area contributed by atoms with Gasteiger partial charge in [-0.05, 0) is 48.4 Å². The SMILES string of the molecule is CCCCCCCCCCCCc1c(O)ccc(CCC)c1CCC. The van der Waals surface area contributed by atoms with Crippen LogP contribution < -0.4 is 0 Å². The molecule has 1 aromatic rings. The Morgan fingerprint density at radius 3 is 1.68 bits per heavy atom. The van der Waals surface area contributed by atoms with E-state index in [-0.39, 0.29) is 0 Å². The summed E-state index contributed by atoms with van der Waals surface area (Å²) < 4.78 is 0. The number of hydrogen-bond donors (Lipinski definition) is 1. The molecule has 0 atom stereocenters. The minimum atomic E-state index is 0.527. The van der Waals surface area contributed by atoms with Crippen LogP contribution in [-0.2, 0) is 19.3 Å². The number of hydrogen-bond acceptors (Lipinski definition) is 1.